The molecule has 0 fully saturated rings. The van der Waals surface area contributed by atoms with E-state index in [2.05, 4.69) is 62.3 Å². The fourth-order valence-corrected chi connectivity index (χ4v) is 3.13. The minimum Gasteiger partial charge on any atom is -0.228 e. The lowest BCUT2D eigenvalue weighted by molar-refractivity contribution is 0.589. The van der Waals surface area contributed by atoms with Crippen molar-refractivity contribution in [2.24, 2.45) is 4.99 Å². The Kier molecular flexibility index (Phi) is 4.36. The van der Waals surface area contributed by atoms with Crippen molar-refractivity contribution in [1.29, 1.82) is 0 Å². The summed E-state index contributed by atoms with van der Waals surface area (Å²) in [5.74, 6) is 0.838. The molecular formula is C24H23N3. The van der Waals surface area contributed by atoms with Crippen molar-refractivity contribution in [3.05, 3.63) is 102 Å². The van der Waals surface area contributed by atoms with Crippen molar-refractivity contribution in [2.45, 2.75) is 26.2 Å². The number of fused-ring (bicyclic) bond motifs is 1. The predicted octanol–water partition coefficient (Wildman–Crippen LogP) is 5.80. The highest BCUT2D eigenvalue weighted by Gasteiger charge is 2.17. The molecule has 0 radical (unpaired) electrons. The molecule has 0 atom stereocenters. The van der Waals surface area contributed by atoms with Crippen LogP contribution in [0.1, 0.15) is 37.5 Å². The monoisotopic (exact) mass is 353 g/mol. The van der Waals surface area contributed by atoms with E-state index >= 15 is 0 Å². The van der Waals surface area contributed by atoms with Gasteiger partial charge in [-0.3, -0.25) is 0 Å². The molecule has 0 N–H and O–H groups in total. The smallest absolute Gasteiger partial charge is 0.155 e. The van der Waals surface area contributed by atoms with E-state index in [0.717, 1.165) is 28.2 Å². The van der Waals surface area contributed by atoms with E-state index in [1.807, 2.05) is 53.2 Å². The molecule has 0 aliphatic heterocycles. The zero-order valence-corrected chi connectivity index (χ0v) is 15.9. The number of pyridine rings is 1. The zero-order valence-electron chi connectivity index (χ0n) is 15.9. The van der Waals surface area contributed by atoms with Crippen molar-refractivity contribution in [3.8, 4) is 0 Å². The first kappa shape index (κ1) is 17.2. The molecule has 3 nitrogen and oxygen atoms in total. The van der Waals surface area contributed by atoms with Crippen molar-refractivity contribution in [2.75, 3.05) is 0 Å². The summed E-state index contributed by atoms with van der Waals surface area (Å²) < 4.78 is 1.90. The molecule has 0 spiro atoms. The normalized spacial score (nSPS) is 11.5. The average Bonchev–Trinajstić information content (AvgIpc) is 3.15. The Morgan fingerprint density at radius 2 is 1.41 bits per heavy atom. The van der Waals surface area contributed by atoms with Gasteiger partial charge in [-0.1, -0.05) is 81.4 Å². The second-order valence-electron chi connectivity index (χ2n) is 7.71. The van der Waals surface area contributed by atoms with Crippen LogP contribution < -0.4 is 0 Å². The van der Waals surface area contributed by atoms with Crippen molar-refractivity contribution < 1.29 is 0 Å². The van der Waals surface area contributed by atoms with Gasteiger partial charge < -0.3 is 0 Å². The highest BCUT2D eigenvalue weighted by Crippen LogP contribution is 2.29. The van der Waals surface area contributed by atoms with Gasteiger partial charge in [0.1, 0.15) is 0 Å². The molecule has 0 aliphatic carbocycles. The number of aromatic nitrogens is 2. The molecule has 0 bridgehead atoms. The minimum absolute atomic E-state index is 0.0376. The van der Waals surface area contributed by atoms with Gasteiger partial charge in [-0.2, -0.15) is 5.10 Å². The summed E-state index contributed by atoms with van der Waals surface area (Å²) in [6, 6.07) is 27.0. The van der Waals surface area contributed by atoms with Gasteiger partial charge >= 0.3 is 0 Å². The summed E-state index contributed by atoms with van der Waals surface area (Å²) >= 11 is 0. The van der Waals surface area contributed by atoms with Gasteiger partial charge in [0.25, 0.3) is 0 Å². The van der Waals surface area contributed by atoms with Crippen LogP contribution in [0.25, 0.3) is 5.52 Å². The molecule has 0 saturated heterocycles. The van der Waals surface area contributed by atoms with Crippen LogP contribution in [0.4, 0.5) is 5.82 Å². The van der Waals surface area contributed by atoms with Gasteiger partial charge in [0.15, 0.2) is 5.82 Å². The van der Waals surface area contributed by atoms with Crippen LogP contribution in [0.5, 0.6) is 0 Å². The molecule has 3 heteroatoms. The Hall–Kier alpha value is -3.20. The molecule has 0 aliphatic rings. The van der Waals surface area contributed by atoms with Crippen molar-refractivity contribution in [3.63, 3.8) is 0 Å². The number of hydrogen-bond donors (Lipinski definition) is 0. The molecule has 0 saturated carbocycles. The second-order valence-corrected chi connectivity index (χ2v) is 7.71. The molecule has 0 amide bonds. The number of nitrogens with zero attached hydrogens (tertiary/aromatic N) is 3. The Balaban J connectivity index is 1.97. The molecular weight excluding hydrogens is 330 g/mol. The van der Waals surface area contributed by atoms with E-state index in [1.165, 1.54) is 5.56 Å². The maximum atomic E-state index is 5.09. The summed E-state index contributed by atoms with van der Waals surface area (Å²) in [6.45, 7) is 6.66. The van der Waals surface area contributed by atoms with Gasteiger partial charge in [-0.15, -0.1) is 0 Å². The van der Waals surface area contributed by atoms with E-state index in [-0.39, 0.29) is 5.41 Å². The quantitative estimate of drug-likeness (QED) is 0.428. The maximum absolute atomic E-state index is 5.09. The zero-order chi connectivity index (χ0) is 18.9. The van der Waals surface area contributed by atoms with Crippen LogP contribution in [0.3, 0.4) is 0 Å². The van der Waals surface area contributed by atoms with Gasteiger partial charge in [-0.25, -0.2) is 9.51 Å². The van der Waals surface area contributed by atoms with E-state index in [4.69, 9.17) is 4.99 Å². The molecule has 0 unspecified atom stereocenters. The van der Waals surface area contributed by atoms with Gasteiger partial charge in [-0.05, 0) is 29.2 Å². The summed E-state index contributed by atoms with van der Waals surface area (Å²) in [7, 11) is 0. The SMILES string of the molecule is CC(C)(C)c1cc(N=C(c2ccccc2)c2ccccc2)n2nccc2c1. The van der Waals surface area contributed by atoms with E-state index < -0.39 is 0 Å². The summed E-state index contributed by atoms with van der Waals surface area (Å²) in [5, 5.41) is 4.49. The van der Waals surface area contributed by atoms with Gasteiger partial charge in [0.2, 0.25) is 0 Å². The van der Waals surface area contributed by atoms with Crippen LogP contribution in [0, 0.1) is 0 Å². The average molecular weight is 353 g/mol. The first-order chi connectivity index (χ1) is 13.0. The first-order valence-corrected chi connectivity index (χ1v) is 9.20. The second kappa shape index (κ2) is 6.84. The molecule has 2 heterocycles. The summed E-state index contributed by atoms with van der Waals surface area (Å²) in [4.78, 5) is 5.09. The first-order valence-electron chi connectivity index (χ1n) is 9.20. The number of benzene rings is 2. The number of aliphatic imine (C=N–C) groups is 1. The fourth-order valence-electron chi connectivity index (χ4n) is 3.13. The number of hydrogen-bond acceptors (Lipinski definition) is 2. The Labute approximate surface area is 160 Å². The van der Waals surface area contributed by atoms with Crippen LogP contribution >= 0.6 is 0 Å². The van der Waals surface area contributed by atoms with E-state index in [9.17, 15) is 0 Å². The van der Waals surface area contributed by atoms with E-state index in [1.54, 1.807) is 0 Å². The lowest BCUT2D eigenvalue weighted by Gasteiger charge is -2.20. The summed E-state index contributed by atoms with van der Waals surface area (Å²) in [6.07, 6.45) is 1.82. The predicted molar refractivity (Wildman–Crippen MR) is 112 cm³/mol. The Bertz CT molecular complexity index is 1040. The Morgan fingerprint density at radius 1 is 0.815 bits per heavy atom. The van der Waals surface area contributed by atoms with Crippen molar-refractivity contribution >= 4 is 17.0 Å². The standard InChI is InChI=1S/C24H23N3/c1-24(2,3)20-16-21-14-15-25-27(21)22(17-20)26-23(18-10-6-4-7-11-18)19-12-8-5-9-13-19/h4-17H,1-3H3. The molecule has 27 heavy (non-hydrogen) atoms. The minimum atomic E-state index is 0.0376. The van der Waals surface area contributed by atoms with Crippen LogP contribution in [0.15, 0.2) is 90.1 Å². The lowest BCUT2D eigenvalue weighted by atomic mass is 9.87. The van der Waals surface area contributed by atoms with Crippen LogP contribution in [0.2, 0.25) is 0 Å². The third-order valence-electron chi connectivity index (χ3n) is 4.66. The Morgan fingerprint density at radius 3 is 1.96 bits per heavy atom. The molecule has 2 aromatic heterocycles. The van der Waals surface area contributed by atoms with E-state index in [0.29, 0.717) is 0 Å². The third-order valence-corrected chi connectivity index (χ3v) is 4.66. The highest BCUT2D eigenvalue weighted by molar-refractivity contribution is 6.13. The van der Waals surface area contributed by atoms with Gasteiger partial charge in [0.05, 0.1) is 17.4 Å². The molecule has 4 aromatic rings. The van der Waals surface area contributed by atoms with Crippen LogP contribution in [-0.4, -0.2) is 15.3 Å². The number of rotatable bonds is 3. The van der Waals surface area contributed by atoms with Crippen LogP contribution in [-0.2, 0) is 5.41 Å². The summed E-state index contributed by atoms with van der Waals surface area (Å²) in [5.41, 5.74) is 5.46. The van der Waals surface area contributed by atoms with Crippen molar-refractivity contribution in [1.82, 2.24) is 9.61 Å². The lowest BCUT2D eigenvalue weighted by Crippen LogP contribution is -2.12. The third kappa shape index (κ3) is 3.54. The topological polar surface area (TPSA) is 29.7 Å². The maximum Gasteiger partial charge on any atom is 0.155 e. The highest BCUT2D eigenvalue weighted by atomic mass is 15.3. The largest absolute Gasteiger partial charge is 0.228 e. The molecule has 134 valence electrons. The van der Waals surface area contributed by atoms with Gasteiger partial charge in [0, 0.05) is 11.1 Å². The fraction of sp³-hybridized carbons (Fsp3) is 0.167. The molecule has 2 aromatic carbocycles. The molecule has 4 rings (SSSR count).